The summed E-state index contributed by atoms with van der Waals surface area (Å²) in [5, 5.41) is 9.78. The quantitative estimate of drug-likeness (QED) is 0.280. The largest absolute Gasteiger partial charge is 0.496 e. The minimum Gasteiger partial charge on any atom is -0.496 e. The maximum Gasteiger partial charge on any atom is 0.336 e. The number of nitrogens with two attached hydrogens (primary N) is 1. The van der Waals surface area contributed by atoms with Crippen LogP contribution in [0.4, 0.5) is 0 Å². The van der Waals surface area contributed by atoms with Crippen LogP contribution < -0.4 is 19.9 Å². The second kappa shape index (κ2) is 10.0. The molecule has 0 radical (unpaired) electrons. The van der Waals surface area contributed by atoms with Crippen molar-refractivity contribution >= 4 is 12.0 Å². The van der Waals surface area contributed by atoms with Crippen LogP contribution in [0.25, 0.3) is 6.08 Å². The second-order valence-corrected chi connectivity index (χ2v) is 9.49. The number of nitrogens with zero attached hydrogens (tertiary/aromatic N) is 1. The van der Waals surface area contributed by atoms with Gasteiger partial charge in [-0.15, -0.1) is 0 Å². The zero-order chi connectivity index (χ0) is 25.9. The first kappa shape index (κ1) is 24.6. The number of fused-ring (bicyclic) bond motifs is 1. The number of hydrogen-bond acceptors (Lipinski definition) is 6. The Morgan fingerprint density at radius 3 is 2.44 bits per heavy atom. The molecule has 0 saturated carbocycles. The van der Waals surface area contributed by atoms with Crippen molar-refractivity contribution in [1.29, 1.82) is 5.26 Å². The van der Waals surface area contributed by atoms with E-state index in [-0.39, 0.29) is 16.9 Å². The molecule has 3 aromatic carbocycles. The molecule has 2 N–H and O–H groups in total. The van der Waals surface area contributed by atoms with E-state index in [1.807, 2.05) is 36.4 Å². The number of nitriles is 1. The van der Waals surface area contributed by atoms with Crippen molar-refractivity contribution in [2.75, 3.05) is 7.11 Å². The molecule has 3 aromatic rings. The summed E-state index contributed by atoms with van der Waals surface area (Å²) in [5.41, 5.74) is 10.1. The first-order chi connectivity index (χ1) is 17.2. The van der Waals surface area contributed by atoms with Gasteiger partial charge in [-0.3, -0.25) is 0 Å². The smallest absolute Gasteiger partial charge is 0.336 e. The van der Waals surface area contributed by atoms with Gasteiger partial charge in [0.2, 0.25) is 5.88 Å². The molecule has 1 aliphatic heterocycles. The van der Waals surface area contributed by atoms with E-state index in [9.17, 15) is 10.1 Å². The number of para-hydroxylation sites is 1. The molecule has 0 bridgehead atoms. The zero-order valence-electron chi connectivity index (χ0n) is 20.7. The van der Waals surface area contributed by atoms with E-state index in [1.165, 1.54) is 11.6 Å². The van der Waals surface area contributed by atoms with Crippen LogP contribution in [0, 0.1) is 11.3 Å². The van der Waals surface area contributed by atoms with E-state index >= 15 is 0 Å². The van der Waals surface area contributed by atoms with Crippen LogP contribution >= 0.6 is 0 Å². The molecule has 1 atom stereocenters. The van der Waals surface area contributed by atoms with Crippen molar-refractivity contribution in [3.8, 4) is 23.3 Å². The first-order valence-corrected chi connectivity index (χ1v) is 11.6. The lowest BCUT2D eigenvalue weighted by atomic mass is 9.83. The molecule has 1 heterocycles. The van der Waals surface area contributed by atoms with Crippen LogP contribution in [-0.4, -0.2) is 13.1 Å². The zero-order valence-corrected chi connectivity index (χ0v) is 20.7. The summed E-state index contributed by atoms with van der Waals surface area (Å²) in [6.07, 6.45) is 3.09. The highest BCUT2D eigenvalue weighted by molar-refractivity contribution is 5.88. The van der Waals surface area contributed by atoms with Crippen LogP contribution in [0.1, 0.15) is 48.9 Å². The molecule has 6 heteroatoms. The normalized spacial score (nSPS) is 15.1. The fraction of sp³-hybridized carbons (Fsp3) is 0.200. The van der Waals surface area contributed by atoms with Crippen molar-refractivity contribution in [2.24, 2.45) is 5.73 Å². The predicted octanol–water partition coefficient (Wildman–Crippen LogP) is 5.83. The predicted molar refractivity (Wildman–Crippen MR) is 139 cm³/mol. The van der Waals surface area contributed by atoms with Gasteiger partial charge in [-0.2, -0.15) is 5.26 Å². The average Bonchev–Trinajstić information content (AvgIpc) is 2.86. The van der Waals surface area contributed by atoms with E-state index in [4.69, 9.17) is 19.9 Å². The molecule has 182 valence electrons. The highest BCUT2D eigenvalue weighted by atomic mass is 16.5. The Hall–Kier alpha value is -4.50. The number of allylic oxidation sites excluding steroid dienone is 1. The summed E-state index contributed by atoms with van der Waals surface area (Å²) in [6.45, 7) is 6.46. The maximum atomic E-state index is 12.5. The molecule has 0 aromatic heterocycles. The Morgan fingerprint density at radius 1 is 1.06 bits per heavy atom. The van der Waals surface area contributed by atoms with Gasteiger partial charge in [0, 0.05) is 23.3 Å². The summed E-state index contributed by atoms with van der Waals surface area (Å²) in [4.78, 5) is 12.5. The Balaban J connectivity index is 1.56. The molecule has 1 unspecified atom stereocenters. The molecule has 0 aliphatic carbocycles. The van der Waals surface area contributed by atoms with Gasteiger partial charge in [-0.1, -0.05) is 69.3 Å². The summed E-state index contributed by atoms with van der Waals surface area (Å²) in [7, 11) is 1.58. The molecule has 36 heavy (non-hydrogen) atoms. The van der Waals surface area contributed by atoms with Crippen LogP contribution in [0.5, 0.6) is 17.2 Å². The van der Waals surface area contributed by atoms with Crippen molar-refractivity contribution in [2.45, 2.75) is 32.1 Å². The third-order valence-electron chi connectivity index (χ3n) is 6.05. The lowest BCUT2D eigenvalue weighted by molar-refractivity contribution is -0.128. The molecule has 0 amide bonds. The van der Waals surface area contributed by atoms with Gasteiger partial charge >= 0.3 is 5.97 Å². The topological polar surface area (TPSA) is 94.6 Å². The van der Waals surface area contributed by atoms with E-state index in [0.29, 0.717) is 17.2 Å². The molecule has 1 aliphatic rings. The Kier molecular flexibility index (Phi) is 6.84. The number of benzene rings is 3. The van der Waals surface area contributed by atoms with E-state index in [0.717, 1.165) is 16.7 Å². The SMILES string of the molecule is COc1ccccc1C1C(C#N)=C(N)Oc2cc(OC(=O)/C=C/c3ccc(C(C)(C)C)cc3)ccc21. The number of ether oxygens (including phenoxy) is 3. The second-order valence-electron chi connectivity index (χ2n) is 9.49. The van der Waals surface area contributed by atoms with Gasteiger partial charge in [-0.05, 0) is 34.8 Å². The van der Waals surface area contributed by atoms with Crippen molar-refractivity contribution in [3.63, 3.8) is 0 Å². The molecular weight excluding hydrogens is 452 g/mol. The third kappa shape index (κ3) is 5.11. The number of rotatable bonds is 5. The number of carbonyl (C=O) groups excluding carboxylic acids is 1. The molecule has 0 fully saturated rings. The van der Waals surface area contributed by atoms with Gasteiger partial charge < -0.3 is 19.9 Å². The van der Waals surface area contributed by atoms with Gasteiger partial charge in [0.25, 0.3) is 0 Å². The van der Waals surface area contributed by atoms with Gasteiger partial charge in [0.1, 0.15) is 28.9 Å². The minimum absolute atomic E-state index is 0.00276. The van der Waals surface area contributed by atoms with Crippen molar-refractivity contribution in [1.82, 2.24) is 0 Å². The summed E-state index contributed by atoms with van der Waals surface area (Å²) >= 11 is 0. The summed E-state index contributed by atoms with van der Waals surface area (Å²) in [5.74, 6) is 0.353. The minimum atomic E-state index is -0.520. The Labute approximate surface area is 211 Å². The molecular formula is C30H28N2O4. The first-order valence-electron chi connectivity index (χ1n) is 11.6. The van der Waals surface area contributed by atoms with Crippen LogP contribution in [0.2, 0.25) is 0 Å². The van der Waals surface area contributed by atoms with Crippen LogP contribution in [0.15, 0.2) is 84.3 Å². The molecule has 4 rings (SSSR count). The number of esters is 1. The van der Waals surface area contributed by atoms with E-state index < -0.39 is 11.9 Å². The van der Waals surface area contributed by atoms with Gasteiger partial charge in [0.15, 0.2) is 0 Å². The van der Waals surface area contributed by atoms with Gasteiger partial charge in [-0.25, -0.2) is 4.79 Å². The summed E-state index contributed by atoms with van der Waals surface area (Å²) in [6, 6.07) is 22.7. The fourth-order valence-corrected chi connectivity index (χ4v) is 4.13. The lowest BCUT2D eigenvalue weighted by Crippen LogP contribution is -2.21. The highest BCUT2D eigenvalue weighted by Gasteiger charge is 2.32. The number of carbonyl (C=O) groups is 1. The van der Waals surface area contributed by atoms with Crippen LogP contribution in [-0.2, 0) is 10.2 Å². The van der Waals surface area contributed by atoms with Crippen molar-refractivity contribution in [3.05, 3.63) is 107 Å². The molecule has 0 spiro atoms. The molecule has 0 saturated heterocycles. The van der Waals surface area contributed by atoms with Crippen LogP contribution in [0.3, 0.4) is 0 Å². The maximum absolute atomic E-state index is 12.5. The standard InChI is InChI=1S/C30H28N2O4/c1-30(2,3)20-12-9-19(10-13-20)11-16-27(33)35-21-14-15-23-26(17-21)36-29(32)24(18-31)28(23)22-7-5-6-8-25(22)34-4/h5-17,28H,32H2,1-4H3/b16-11+. The van der Waals surface area contributed by atoms with Crippen molar-refractivity contribution < 1.29 is 19.0 Å². The molecule has 6 nitrogen and oxygen atoms in total. The highest BCUT2D eigenvalue weighted by Crippen LogP contribution is 2.45. The van der Waals surface area contributed by atoms with E-state index in [1.54, 1.807) is 31.4 Å². The number of hydrogen-bond donors (Lipinski definition) is 1. The Morgan fingerprint density at radius 2 is 1.78 bits per heavy atom. The Bertz CT molecular complexity index is 1390. The van der Waals surface area contributed by atoms with E-state index in [2.05, 4.69) is 39.0 Å². The summed E-state index contributed by atoms with van der Waals surface area (Å²) < 4.78 is 16.8. The fourth-order valence-electron chi connectivity index (χ4n) is 4.13. The van der Waals surface area contributed by atoms with Gasteiger partial charge in [0.05, 0.1) is 13.0 Å². The monoisotopic (exact) mass is 480 g/mol. The third-order valence-corrected chi connectivity index (χ3v) is 6.05. The number of methoxy groups -OCH3 is 1. The lowest BCUT2D eigenvalue weighted by Gasteiger charge is -2.27. The average molecular weight is 481 g/mol.